The summed E-state index contributed by atoms with van der Waals surface area (Å²) in [5, 5.41) is -0.0983. The molecule has 0 saturated heterocycles. The predicted octanol–water partition coefficient (Wildman–Crippen LogP) is 3.29. The summed E-state index contributed by atoms with van der Waals surface area (Å²) in [5.74, 6) is 0.224. The van der Waals surface area contributed by atoms with Crippen LogP contribution in [0.5, 0.6) is 0 Å². The van der Waals surface area contributed by atoms with Gasteiger partial charge >= 0.3 is 0 Å². The first-order valence-electron chi connectivity index (χ1n) is 4.66. The smallest absolute Gasteiger partial charge is 0.211 e. The minimum absolute atomic E-state index is 0.0983. The van der Waals surface area contributed by atoms with Crippen LogP contribution in [-0.4, -0.2) is 22.3 Å². The highest BCUT2D eigenvalue weighted by Crippen LogP contribution is 2.59. The van der Waals surface area contributed by atoms with Crippen LogP contribution in [0.25, 0.3) is 0 Å². The lowest BCUT2D eigenvalue weighted by atomic mass is 10.1. The fraction of sp³-hybridized carbons (Fsp3) is 0.889. The number of isocyanates is 1. The molecule has 2 atom stereocenters. The van der Waals surface area contributed by atoms with E-state index in [0.29, 0.717) is 6.54 Å². The van der Waals surface area contributed by atoms with E-state index >= 15 is 0 Å². The van der Waals surface area contributed by atoms with Gasteiger partial charge in [0.15, 0.2) is 0 Å². The van der Waals surface area contributed by atoms with Crippen LogP contribution in [0.4, 0.5) is 0 Å². The van der Waals surface area contributed by atoms with Gasteiger partial charge in [0.1, 0.15) is 4.33 Å². The van der Waals surface area contributed by atoms with Crippen LogP contribution in [0.2, 0.25) is 0 Å². The third kappa shape index (κ3) is 3.13. The molecule has 1 aliphatic rings. The lowest BCUT2D eigenvalue weighted by molar-refractivity contribution is 0.559. The summed E-state index contributed by atoms with van der Waals surface area (Å²) >= 11 is 17.6. The van der Waals surface area contributed by atoms with E-state index in [9.17, 15) is 4.79 Å². The van der Waals surface area contributed by atoms with Crippen molar-refractivity contribution >= 4 is 40.9 Å². The number of unbranched alkanes of at least 4 members (excludes halogenated alkanes) is 2. The molecule has 0 amide bonds. The Kier molecular flexibility index (Phi) is 4.72. The molecule has 1 aliphatic carbocycles. The molecule has 1 fully saturated rings. The Morgan fingerprint density at radius 3 is 2.43 bits per heavy atom. The van der Waals surface area contributed by atoms with Gasteiger partial charge in [0.2, 0.25) is 6.08 Å². The summed E-state index contributed by atoms with van der Waals surface area (Å²) in [6.45, 7) is 0.561. The van der Waals surface area contributed by atoms with Crippen molar-refractivity contribution in [2.45, 2.75) is 35.4 Å². The first-order chi connectivity index (χ1) is 6.60. The zero-order valence-corrected chi connectivity index (χ0v) is 9.95. The zero-order chi connectivity index (χ0) is 10.6. The largest absolute Gasteiger partial charge is 0.234 e. The van der Waals surface area contributed by atoms with Crippen LogP contribution in [0.1, 0.15) is 25.7 Å². The minimum Gasteiger partial charge on any atom is -0.211 e. The molecular formula is C9H12Cl3NO. The van der Waals surface area contributed by atoms with Crippen LogP contribution in [0.3, 0.4) is 0 Å². The molecule has 0 aromatic heterocycles. The number of rotatable bonds is 6. The topological polar surface area (TPSA) is 29.4 Å². The number of hydrogen-bond donors (Lipinski definition) is 0. The molecule has 0 aromatic carbocycles. The summed E-state index contributed by atoms with van der Waals surface area (Å²) in [5.41, 5.74) is 0. The fourth-order valence-electron chi connectivity index (χ4n) is 1.46. The molecule has 5 heteroatoms. The number of nitrogens with zero attached hydrogens (tertiary/aromatic N) is 1. The van der Waals surface area contributed by atoms with E-state index in [1.165, 1.54) is 6.08 Å². The van der Waals surface area contributed by atoms with Crippen LogP contribution < -0.4 is 0 Å². The van der Waals surface area contributed by atoms with Crippen molar-refractivity contribution in [3.63, 3.8) is 0 Å². The Hall–Kier alpha value is 0.250. The molecule has 2 nitrogen and oxygen atoms in total. The highest BCUT2D eigenvalue weighted by atomic mass is 35.5. The second-order valence-corrected chi connectivity index (χ2v) is 5.42. The standard InChI is InChI=1S/C9H12Cl3NO/c10-8-7(9(8,11)12)4-2-1-3-5-13-6-14/h7-8H,1-5H2. The van der Waals surface area contributed by atoms with Gasteiger partial charge in [0.25, 0.3) is 0 Å². The monoisotopic (exact) mass is 255 g/mol. The fourth-order valence-corrected chi connectivity index (χ4v) is 2.66. The molecule has 0 heterocycles. The SMILES string of the molecule is O=C=NCCCCCC1C(Cl)C1(Cl)Cl. The van der Waals surface area contributed by atoms with Crippen molar-refractivity contribution in [3.05, 3.63) is 0 Å². The Bertz CT molecular complexity index is 238. The quantitative estimate of drug-likeness (QED) is 0.310. The second kappa shape index (κ2) is 5.37. The van der Waals surface area contributed by atoms with Gasteiger partial charge in [-0.15, -0.1) is 11.6 Å². The van der Waals surface area contributed by atoms with Crippen LogP contribution in [-0.2, 0) is 4.79 Å². The van der Waals surface area contributed by atoms with Crippen molar-refractivity contribution in [2.75, 3.05) is 6.54 Å². The van der Waals surface area contributed by atoms with Crippen molar-refractivity contribution in [1.29, 1.82) is 0 Å². The molecule has 0 radical (unpaired) electrons. The van der Waals surface area contributed by atoms with E-state index in [1.807, 2.05) is 0 Å². The average Bonchev–Trinajstić information content (AvgIpc) is 2.60. The summed E-state index contributed by atoms with van der Waals surface area (Å²) < 4.78 is -0.706. The van der Waals surface area contributed by atoms with Gasteiger partial charge in [-0.1, -0.05) is 36.0 Å². The maximum absolute atomic E-state index is 9.74. The average molecular weight is 257 g/mol. The van der Waals surface area contributed by atoms with Crippen molar-refractivity contribution in [3.8, 4) is 0 Å². The molecule has 80 valence electrons. The normalized spacial score (nSPS) is 28.2. The number of aliphatic imine (C=N–C) groups is 1. The molecule has 0 N–H and O–H groups in total. The van der Waals surface area contributed by atoms with Gasteiger partial charge in [0.05, 0.1) is 11.9 Å². The van der Waals surface area contributed by atoms with Gasteiger partial charge in [-0.05, 0) is 12.8 Å². The molecule has 0 aromatic rings. The van der Waals surface area contributed by atoms with Gasteiger partial charge in [0, 0.05) is 5.92 Å². The van der Waals surface area contributed by atoms with Crippen molar-refractivity contribution in [1.82, 2.24) is 0 Å². The lowest BCUT2D eigenvalue weighted by Crippen LogP contribution is -1.91. The van der Waals surface area contributed by atoms with E-state index in [0.717, 1.165) is 25.7 Å². The first-order valence-corrected chi connectivity index (χ1v) is 5.85. The van der Waals surface area contributed by atoms with Gasteiger partial charge in [-0.25, -0.2) is 9.79 Å². The Morgan fingerprint density at radius 2 is 1.93 bits per heavy atom. The van der Waals surface area contributed by atoms with Crippen LogP contribution in [0.15, 0.2) is 4.99 Å². The van der Waals surface area contributed by atoms with Gasteiger partial charge in [-0.3, -0.25) is 0 Å². The Balaban J connectivity index is 1.98. The predicted molar refractivity (Wildman–Crippen MR) is 59.0 cm³/mol. The molecular weight excluding hydrogens is 244 g/mol. The Labute approximate surface area is 98.6 Å². The minimum atomic E-state index is -0.706. The van der Waals surface area contributed by atoms with E-state index < -0.39 is 4.33 Å². The van der Waals surface area contributed by atoms with Crippen molar-refractivity contribution in [2.24, 2.45) is 10.9 Å². The van der Waals surface area contributed by atoms with Gasteiger partial charge in [-0.2, -0.15) is 0 Å². The Morgan fingerprint density at radius 1 is 1.29 bits per heavy atom. The van der Waals surface area contributed by atoms with E-state index in [1.54, 1.807) is 0 Å². The molecule has 1 rings (SSSR count). The summed E-state index contributed by atoms with van der Waals surface area (Å²) in [6.07, 6.45) is 5.43. The third-order valence-electron chi connectivity index (χ3n) is 2.46. The number of alkyl halides is 3. The second-order valence-electron chi connectivity index (χ2n) is 3.51. The van der Waals surface area contributed by atoms with Crippen LogP contribution >= 0.6 is 34.8 Å². The third-order valence-corrected chi connectivity index (χ3v) is 4.36. The molecule has 0 spiro atoms. The zero-order valence-electron chi connectivity index (χ0n) is 7.68. The number of hydrogen-bond acceptors (Lipinski definition) is 2. The van der Waals surface area contributed by atoms with E-state index in [2.05, 4.69) is 4.99 Å². The highest BCUT2D eigenvalue weighted by molar-refractivity contribution is 6.56. The molecule has 1 saturated carbocycles. The molecule has 14 heavy (non-hydrogen) atoms. The molecule has 0 aliphatic heterocycles. The summed E-state index contributed by atoms with van der Waals surface area (Å²) in [6, 6.07) is 0. The molecule has 0 bridgehead atoms. The maximum atomic E-state index is 9.74. The van der Waals surface area contributed by atoms with Gasteiger partial charge < -0.3 is 0 Å². The van der Waals surface area contributed by atoms with E-state index in [-0.39, 0.29) is 11.3 Å². The van der Waals surface area contributed by atoms with E-state index in [4.69, 9.17) is 34.8 Å². The maximum Gasteiger partial charge on any atom is 0.234 e. The number of carbonyl (C=O) groups excluding carboxylic acids is 1. The summed E-state index contributed by atoms with van der Waals surface area (Å²) in [7, 11) is 0. The molecule has 2 unspecified atom stereocenters. The summed E-state index contributed by atoms with van der Waals surface area (Å²) in [4.78, 5) is 13.2. The number of halogens is 3. The first kappa shape index (κ1) is 12.3. The van der Waals surface area contributed by atoms with Crippen molar-refractivity contribution < 1.29 is 4.79 Å². The lowest BCUT2D eigenvalue weighted by Gasteiger charge is -1.98. The highest BCUT2D eigenvalue weighted by Gasteiger charge is 2.61. The van der Waals surface area contributed by atoms with Crippen LogP contribution in [0, 0.1) is 5.92 Å².